The average Bonchev–Trinajstić information content (AvgIpc) is 2.03. The van der Waals surface area contributed by atoms with Crippen molar-refractivity contribution in [1.29, 1.82) is 0 Å². The zero-order valence-corrected chi connectivity index (χ0v) is 8.95. The highest BCUT2D eigenvalue weighted by Gasteiger charge is 2.07. The topological polar surface area (TPSA) is 46.6 Å². The van der Waals surface area contributed by atoms with E-state index in [1.54, 1.807) is 19.2 Å². The van der Waals surface area contributed by atoms with E-state index in [4.69, 9.17) is 0 Å². The molecule has 0 heterocycles. The minimum Gasteiger partial charge on any atom is -0.466 e. The van der Waals surface area contributed by atoms with Crippen LogP contribution in [0.5, 0.6) is 0 Å². The number of ether oxygens (including phenoxy) is 1. The Kier molecular flexibility index (Phi) is 6.45. The van der Waals surface area contributed by atoms with Crippen LogP contribution in [0, 0.1) is 0 Å². The third-order valence-corrected chi connectivity index (χ3v) is 1.40. The average molecular weight is 199 g/mol. The van der Waals surface area contributed by atoms with Crippen molar-refractivity contribution in [3.8, 4) is 0 Å². The molecule has 0 unspecified atom stereocenters. The van der Waals surface area contributed by atoms with Crippen molar-refractivity contribution in [1.82, 2.24) is 4.90 Å². The molecule has 0 aromatic heterocycles. The fraction of sp³-hybridized carbons (Fsp3) is 0.600. The molecule has 0 aliphatic carbocycles. The van der Waals surface area contributed by atoms with E-state index in [2.05, 4.69) is 4.74 Å². The maximum atomic E-state index is 11.1. The molecule has 0 saturated heterocycles. The lowest BCUT2D eigenvalue weighted by Gasteiger charge is -2.02. The van der Waals surface area contributed by atoms with Crippen LogP contribution in [0.3, 0.4) is 0 Å². The lowest BCUT2D eigenvalue weighted by Crippen LogP contribution is -2.10. The first-order chi connectivity index (χ1) is 6.56. The summed E-state index contributed by atoms with van der Waals surface area (Å²) >= 11 is 0. The van der Waals surface area contributed by atoms with Gasteiger partial charge in [0, 0.05) is 20.5 Å². The van der Waals surface area contributed by atoms with Crippen molar-refractivity contribution in [2.45, 2.75) is 19.8 Å². The first-order valence-corrected chi connectivity index (χ1v) is 4.56. The number of ketones is 1. The van der Waals surface area contributed by atoms with E-state index in [0.717, 1.165) is 0 Å². The maximum absolute atomic E-state index is 11.1. The van der Waals surface area contributed by atoms with Crippen molar-refractivity contribution in [2.75, 3.05) is 20.7 Å². The van der Waals surface area contributed by atoms with Crippen LogP contribution in [0.2, 0.25) is 0 Å². The summed E-state index contributed by atoms with van der Waals surface area (Å²) < 4.78 is 4.65. The predicted molar refractivity (Wildman–Crippen MR) is 53.7 cm³/mol. The van der Waals surface area contributed by atoms with Gasteiger partial charge < -0.3 is 9.64 Å². The van der Waals surface area contributed by atoms with Crippen LogP contribution in [0.15, 0.2) is 12.3 Å². The number of Topliss-reactive ketones (excluding diaryl/α,β-unsaturated/α-hetero) is 1. The molecule has 0 aromatic rings. The van der Waals surface area contributed by atoms with E-state index < -0.39 is 5.97 Å². The molecular weight excluding hydrogens is 182 g/mol. The molecule has 0 aliphatic rings. The lowest BCUT2D eigenvalue weighted by atomic mass is 10.2. The van der Waals surface area contributed by atoms with Gasteiger partial charge in [-0.3, -0.25) is 9.59 Å². The van der Waals surface area contributed by atoms with Crippen molar-refractivity contribution in [3.63, 3.8) is 0 Å². The zero-order valence-electron chi connectivity index (χ0n) is 8.95. The van der Waals surface area contributed by atoms with Crippen LogP contribution in [-0.2, 0) is 14.3 Å². The molecule has 0 aliphatic heterocycles. The first-order valence-electron chi connectivity index (χ1n) is 4.56. The molecule has 0 spiro atoms. The summed E-state index contributed by atoms with van der Waals surface area (Å²) in [5.41, 5.74) is 0. The number of rotatable bonds is 6. The van der Waals surface area contributed by atoms with Gasteiger partial charge in [-0.05, 0) is 13.1 Å². The van der Waals surface area contributed by atoms with E-state index in [0.29, 0.717) is 6.61 Å². The highest BCUT2D eigenvalue weighted by atomic mass is 16.5. The summed E-state index contributed by atoms with van der Waals surface area (Å²) in [6.45, 7) is 2.04. The van der Waals surface area contributed by atoms with Crippen LogP contribution < -0.4 is 0 Å². The van der Waals surface area contributed by atoms with Gasteiger partial charge in [0.2, 0.25) is 0 Å². The molecule has 0 radical (unpaired) electrons. The largest absolute Gasteiger partial charge is 0.466 e. The Morgan fingerprint density at radius 3 is 2.50 bits per heavy atom. The van der Waals surface area contributed by atoms with Gasteiger partial charge in [-0.25, -0.2) is 0 Å². The third-order valence-electron chi connectivity index (χ3n) is 1.40. The van der Waals surface area contributed by atoms with Gasteiger partial charge >= 0.3 is 5.97 Å². The number of esters is 1. The van der Waals surface area contributed by atoms with Gasteiger partial charge in [-0.15, -0.1) is 0 Å². The number of carbonyl (C=O) groups is 2. The molecule has 0 rings (SSSR count). The molecule has 80 valence electrons. The van der Waals surface area contributed by atoms with Gasteiger partial charge in [0.15, 0.2) is 0 Å². The van der Waals surface area contributed by atoms with E-state index in [1.807, 2.05) is 19.0 Å². The Morgan fingerprint density at radius 2 is 2.00 bits per heavy atom. The van der Waals surface area contributed by atoms with Crippen LogP contribution in [-0.4, -0.2) is 37.4 Å². The van der Waals surface area contributed by atoms with Crippen molar-refractivity contribution in [2.24, 2.45) is 0 Å². The van der Waals surface area contributed by atoms with Crippen molar-refractivity contribution < 1.29 is 14.3 Å². The summed E-state index contributed by atoms with van der Waals surface area (Å²) in [5, 5.41) is 0. The number of hydrogen-bond acceptors (Lipinski definition) is 4. The Hall–Kier alpha value is -1.32. The molecule has 0 aromatic carbocycles. The van der Waals surface area contributed by atoms with E-state index >= 15 is 0 Å². The summed E-state index contributed by atoms with van der Waals surface area (Å²) in [6, 6.07) is 0. The zero-order chi connectivity index (χ0) is 11.0. The Bertz CT molecular complexity index is 221. The minimum atomic E-state index is -0.448. The van der Waals surface area contributed by atoms with Gasteiger partial charge in [0.25, 0.3) is 0 Å². The number of hydrogen-bond donors (Lipinski definition) is 0. The molecule has 14 heavy (non-hydrogen) atoms. The van der Waals surface area contributed by atoms with E-state index in [1.165, 1.54) is 0 Å². The van der Waals surface area contributed by atoms with Gasteiger partial charge in [0.1, 0.15) is 12.2 Å². The SMILES string of the molecule is CCOC(=O)CC(=O)CC=CN(C)C. The standard InChI is InChI=1S/C10H17NO3/c1-4-14-10(13)8-9(12)6-5-7-11(2)3/h5,7H,4,6,8H2,1-3H3. The van der Waals surface area contributed by atoms with Crippen LogP contribution >= 0.6 is 0 Å². The number of carbonyl (C=O) groups excluding carboxylic acids is 2. The first kappa shape index (κ1) is 12.7. The summed E-state index contributed by atoms with van der Waals surface area (Å²) in [7, 11) is 3.73. The van der Waals surface area contributed by atoms with E-state index in [9.17, 15) is 9.59 Å². The highest BCUT2D eigenvalue weighted by molar-refractivity contribution is 5.96. The molecule has 0 saturated carbocycles. The van der Waals surface area contributed by atoms with Crippen molar-refractivity contribution >= 4 is 11.8 Å². The molecule has 0 N–H and O–H groups in total. The highest BCUT2D eigenvalue weighted by Crippen LogP contribution is 1.95. The second kappa shape index (κ2) is 7.12. The molecule has 0 amide bonds. The minimum absolute atomic E-state index is 0.124. The van der Waals surface area contributed by atoms with Gasteiger partial charge in [-0.2, -0.15) is 0 Å². The second-order valence-corrected chi connectivity index (χ2v) is 3.07. The predicted octanol–water partition coefficient (Wildman–Crippen LogP) is 0.974. The monoisotopic (exact) mass is 199 g/mol. The van der Waals surface area contributed by atoms with Crippen LogP contribution in [0.1, 0.15) is 19.8 Å². The smallest absolute Gasteiger partial charge is 0.313 e. The van der Waals surface area contributed by atoms with Crippen LogP contribution in [0.25, 0.3) is 0 Å². The summed E-state index contributed by atoms with van der Waals surface area (Å²) in [5.74, 6) is -0.572. The second-order valence-electron chi connectivity index (χ2n) is 3.07. The maximum Gasteiger partial charge on any atom is 0.313 e. The fourth-order valence-corrected chi connectivity index (χ4v) is 0.840. The fourth-order valence-electron chi connectivity index (χ4n) is 0.840. The normalized spacial score (nSPS) is 10.2. The number of allylic oxidation sites excluding steroid dienone is 1. The summed E-state index contributed by atoms with van der Waals surface area (Å²) in [6.07, 6.45) is 3.65. The van der Waals surface area contributed by atoms with Gasteiger partial charge in [0.05, 0.1) is 6.61 Å². The Morgan fingerprint density at radius 1 is 1.36 bits per heavy atom. The molecule has 0 atom stereocenters. The molecule has 4 nitrogen and oxygen atoms in total. The lowest BCUT2D eigenvalue weighted by molar-refractivity contribution is -0.145. The third kappa shape index (κ3) is 7.34. The van der Waals surface area contributed by atoms with Crippen LogP contribution in [0.4, 0.5) is 0 Å². The molecule has 0 fully saturated rings. The molecular formula is C10H17NO3. The van der Waals surface area contributed by atoms with Crippen molar-refractivity contribution in [3.05, 3.63) is 12.3 Å². The quantitative estimate of drug-likeness (QED) is 0.472. The Labute approximate surface area is 84.5 Å². The Balaban J connectivity index is 3.70. The molecule has 0 bridgehead atoms. The number of nitrogens with zero attached hydrogens (tertiary/aromatic N) is 1. The van der Waals surface area contributed by atoms with Gasteiger partial charge in [-0.1, -0.05) is 6.08 Å². The summed E-state index contributed by atoms with van der Waals surface area (Å²) in [4.78, 5) is 23.8. The molecule has 4 heteroatoms. The van der Waals surface area contributed by atoms with E-state index in [-0.39, 0.29) is 18.6 Å².